The Kier molecular flexibility index (Phi) is 9.42. The maximum absolute atomic E-state index is 14.0. The summed E-state index contributed by atoms with van der Waals surface area (Å²) in [6, 6.07) is 5.41. The number of methoxy groups -OCH3 is 3. The van der Waals surface area contributed by atoms with Gasteiger partial charge in [0.05, 0.1) is 31.7 Å². The lowest BCUT2D eigenvalue weighted by atomic mass is 10.0. The van der Waals surface area contributed by atoms with Gasteiger partial charge >= 0.3 is 0 Å². The van der Waals surface area contributed by atoms with Crippen LogP contribution in [0.25, 0.3) is 5.69 Å². The molecule has 1 aliphatic rings. The van der Waals surface area contributed by atoms with Gasteiger partial charge in [-0.1, -0.05) is 12.5 Å². The molecule has 218 valence electrons. The molecule has 0 amide bonds. The predicted molar refractivity (Wildman–Crippen MR) is 150 cm³/mol. The molecule has 0 bridgehead atoms. The molecular weight excluding hydrogens is 534 g/mol. The number of hydrogen-bond donors (Lipinski definition) is 0. The van der Waals surface area contributed by atoms with Crippen molar-refractivity contribution < 1.29 is 27.4 Å². The number of ether oxygens (including phenoxy) is 4. The summed E-state index contributed by atoms with van der Waals surface area (Å²) >= 11 is 0. The highest BCUT2D eigenvalue weighted by atomic mass is 32.2. The van der Waals surface area contributed by atoms with Gasteiger partial charge in [-0.3, -0.25) is 4.57 Å². The summed E-state index contributed by atoms with van der Waals surface area (Å²) in [6.07, 6.45) is 4.83. The highest BCUT2D eigenvalue weighted by Gasteiger charge is 2.39. The first-order chi connectivity index (χ1) is 19.1. The number of benzene rings is 1. The van der Waals surface area contributed by atoms with Crippen LogP contribution < -0.4 is 9.47 Å². The van der Waals surface area contributed by atoms with Gasteiger partial charge in [-0.05, 0) is 58.2 Å². The lowest BCUT2D eigenvalue weighted by Gasteiger charge is -2.25. The van der Waals surface area contributed by atoms with E-state index in [0.717, 1.165) is 24.8 Å². The quantitative estimate of drug-likeness (QED) is 0.312. The fraction of sp³-hybridized carbons (Fsp3) is 0.571. The Morgan fingerprint density at radius 2 is 1.65 bits per heavy atom. The number of sulfone groups is 1. The Hall–Kier alpha value is -3.09. The summed E-state index contributed by atoms with van der Waals surface area (Å²) in [5, 5.41) is 7.98. The zero-order valence-electron chi connectivity index (χ0n) is 24.2. The molecule has 1 fully saturated rings. The molecule has 0 N–H and O–H groups in total. The minimum absolute atomic E-state index is 0.0606. The van der Waals surface area contributed by atoms with Crippen molar-refractivity contribution in [1.29, 1.82) is 0 Å². The highest BCUT2D eigenvalue weighted by molar-refractivity contribution is 7.91. The molecule has 0 aliphatic heterocycles. The normalized spacial score (nSPS) is 19.1. The largest absolute Gasteiger partial charge is 0.494 e. The maximum Gasteiger partial charge on any atom is 0.163 e. The molecule has 0 spiro atoms. The van der Waals surface area contributed by atoms with E-state index in [2.05, 4.69) is 20.2 Å². The lowest BCUT2D eigenvalue weighted by molar-refractivity contribution is 0.00141. The summed E-state index contributed by atoms with van der Waals surface area (Å²) in [4.78, 5) is 8.75. The lowest BCUT2D eigenvalue weighted by Crippen LogP contribution is -2.32. The van der Waals surface area contributed by atoms with Gasteiger partial charge in [-0.15, -0.1) is 10.2 Å². The second-order valence-corrected chi connectivity index (χ2v) is 12.7. The Bertz CT molecular complexity index is 1370. The molecule has 1 aliphatic carbocycles. The van der Waals surface area contributed by atoms with Gasteiger partial charge in [0.2, 0.25) is 0 Å². The Labute approximate surface area is 236 Å². The number of hydrogen-bond acceptors (Lipinski definition) is 10. The van der Waals surface area contributed by atoms with Crippen LogP contribution in [0, 0.1) is 6.92 Å². The van der Waals surface area contributed by atoms with Crippen molar-refractivity contribution in [1.82, 2.24) is 24.7 Å². The van der Waals surface area contributed by atoms with Crippen molar-refractivity contribution in [3.05, 3.63) is 53.6 Å². The summed E-state index contributed by atoms with van der Waals surface area (Å²) in [5.41, 5.74) is 1.42. The van der Waals surface area contributed by atoms with E-state index in [0.29, 0.717) is 28.8 Å². The third-order valence-corrected chi connectivity index (χ3v) is 9.31. The van der Waals surface area contributed by atoms with Crippen LogP contribution >= 0.6 is 0 Å². The van der Waals surface area contributed by atoms with E-state index in [4.69, 9.17) is 18.9 Å². The molecule has 2 aromatic heterocycles. The topological polar surface area (TPSA) is 128 Å². The van der Waals surface area contributed by atoms with Crippen molar-refractivity contribution >= 4 is 9.84 Å². The minimum atomic E-state index is -3.86. The van der Waals surface area contributed by atoms with Crippen molar-refractivity contribution in [2.24, 2.45) is 0 Å². The Balaban J connectivity index is 1.81. The Morgan fingerprint density at radius 3 is 2.23 bits per heavy atom. The molecular formula is C28H39N5O6S. The van der Waals surface area contributed by atoms with Crippen LogP contribution in [0.4, 0.5) is 0 Å². The number of aryl methyl sites for hydroxylation is 1. The average molecular weight is 574 g/mol. The van der Waals surface area contributed by atoms with Crippen LogP contribution in [-0.4, -0.2) is 71.9 Å². The molecule has 0 saturated heterocycles. The van der Waals surface area contributed by atoms with Crippen molar-refractivity contribution in [3.63, 3.8) is 0 Å². The second-order valence-electron chi connectivity index (χ2n) is 10.4. The van der Waals surface area contributed by atoms with Crippen molar-refractivity contribution in [3.8, 4) is 17.2 Å². The molecule has 3 aromatic rings. The van der Waals surface area contributed by atoms with Crippen LogP contribution in [0.1, 0.15) is 75.1 Å². The fourth-order valence-corrected chi connectivity index (χ4v) is 6.56. The predicted octanol–water partition coefficient (Wildman–Crippen LogP) is 4.14. The van der Waals surface area contributed by atoms with Crippen molar-refractivity contribution in [2.75, 3.05) is 21.3 Å². The SMILES string of the molecule is COc1cccc(OC)c1-n1c(CS(=O)(=O)[C@@H](C)[C@@H](OC(C)C)c2ncc(C)cn2)nnc1[C@@H]1CCC[C@H]1OC. The van der Waals surface area contributed by atoms with Gasteiger partial charge in [-0.25, -0.2) is 18.4 Å². The van der Waals surface area contributed by atoms with Crippen LogP contribution in [-0.2, 0) is 25.1 Å². The zero-order chi connectivity index (χ0) is 29.0. The van der Waals surface area contributed by atoms with Crippen LogP contribution in [0.5, 0.6) is 11.5 Å². The van der Waals surface area contributed by atoms with E-state index in [1.807, 2.05) is 26.8 Å². The van der Waals surface area contributed by atoms with Gasteiger partial charge in [-0.2, -0.15) is 0 Å². The summed E-state index contributed by atoms with van der Waals surface area (Å²) < 4.78 is 53.0. The molecule has 12 heteroatoms. The molecule has 1 saturated carbocycles. The van der Waals surface area contributed by atoms with Gasteiger partial charge in [0.1, 0.15) is 34.9 Å². The van der Waals surface area contributed by atoms with Crippen molar-refractivity contribution in [2.45, 2.75) is 82.2 Å². The molecule has 0 unspecified atom stereocenters. The van der Waals surface area contributed by atoms with E-state index >= 15 is 0 Å². The third kappa shape index (κ3) is 6.13. The van der Waals surface area contributed by atoms with E-state index in [1.54, 1.807) is 57.3 Å². The first-order valence-corrected chi connectivity index (χ1v) is 15.2. The van der Waals surface area contributed by atoms with E-state index in [-0.39, 0.29) is 24.0 Å². The molecule has 40 heavy (non-hydrogen) atoms. The number of rotatable bonds is 12. The maximum atomic E-state index is 14.0. The number of aromatic nitrogens is 5. The highest BCUT2D eigenvalue weighted by Crippen LogP contribution is 2.41. The van der Waals surface area contributed by atoms with Gasteiger partial charge < -0.3 is 18.9 Å². The van der Waals surface area contributed by atoms with E-state index in [1.165, 1.54) is 0 Å². The van der Waals surface area contributed by atoms with Gasteiger partial charge in [0.15, 0.2) is 21.5 Å². The molecule has 11 nitrogen and oxygen atoms in total. The molecule has 0 radical (unpaired) electrons. The standard InChI is InChI=1S/C28H39N5O6S/c1-17(2)39-26(27-29-14-18(3)15-30-27)19(4)40(34,35)16-24-31-32-28(20-10-8-11-21(20)36-5)33(24)25-22(37-6)12-9-13-23(25)38-7/h9,12-15,17,19-21,26H,8,10-11,16H2,1-7H3/t19-,20+,21+,26+/m0/s1. The minimum Gasteiger partial charge on any atom is -0.494 e. The smallest absolute Gasteiger partial charge is 0.163 e. The van der Waals surface area contributed by atoms with Crippen LogP contribution in [0.2, 0.25) is 0 Å². The second kappa shape index (κ2) is 12.6. The van der Waals surface area contributed by atoms with Crippen LogP contribution in [0.3, 0.4) is 0 Å². The summed E-state index contributed by atoms with van der Waals surface area (Å²) in [7, 11) is 0.945. The zero-order valence-corrected chi connectivity index (χ0v) is 25.0. The summed E-state index contributed by atoms with van der Waals surface area (Å²) in [5.74, 6) is 1.73. The first-order valence-electron chi connectivity index (χ1n) is 13.4. The van der Waals surface area contributed by atoms with Crippen LogP contribution in [0.15, 0.2) is 30.6 Å². The fourth-order valence-electron chi connectivity index (χ4n) is 5.19. The molecule has 2 heterocycles. The number of para-hydroxylation sites is 1. The molecule has 1 aromatic carbocycles. The van der Waals surface area contributed by atoms with E-state index in [9.17, 15) is 8.42 Å². The van der Waals surface area contributed by atoms with Gasteiger partial charge in [0.25, 0.3) is 0 Å². The third-order valence-electron chi connectivity index (χ3n) is 7.26. The number of nitrogens with zero attached hydrogens (tertiary/aromatic N) is 5. The Morgan fingerprint density at radius 1 is 1.00 bits per heavy atom. The molecule has 4 atom stereocenters. The summed E-state index contributed by atoms with van der Waals surface area (Å²) in [6.45, 7) is 7.20. The van der Waals surface area contributed by atoms with Gasteiger partial charge in [0, 0.05) is 25.4 Å². The average Bonchev–Trinajstić information content (AvgIpc) is 3.57. The monoisotopic (exact) mass is 573 g/mol. The first kappa shape index (κ1) is 29.9. The van der Waals surface area contributed by atoms with E-state index < -0.39 is 26.9 Å². The molecule has 4 rings (SSSR count).